The van der Waals surface area contributed by atoms with Crippen LogP contribution in [0.4, 0.5) is 0 Å². The molecule has 1 heterocycles. The fourth-order valence-corrected chi connectivity index (χ4v) is 2.37. The molecule has 3 heteroatoms. The number of ether oxygens (including phenoxy) is 1. The largest absolute Gasteiger partial charge is 0.383 e. The Labute approximate surface area is 101 Å². The van der Waals surface area contributed by atoms with Crippen LogP contribution in [-0.4, -0.2) is 50.8 Å². The van der Waals surface area contributed by atoms with Crippen molar-refractivity contribution >= 4 is 0 Å². The van der Waals surface area contributed by atoms with Crippen LogP contribution in [0.25, 0.3) is 0 Å². The van der Waals surface area contributed by atoms with Gasteiger partial charge < -0.3 is 10.1 Å². The summed E-state index contributed by atoms with van der Waals surface area (Å²) in [5.41, 5.74) is 0. The van der Waals surface area contributed by atoms with Crippen molar-refractivity contribution in [1.29, 1.82) is 0 Å². The number of nitrogens with zero attached hydrogens (tertiary/aromatic N) is 1. The van der Waals surface area contributed by atoms with Crippen molar-refractivity contribution in [3.63, 3.8) is 0 Å². The van der Waals surface area contributed by atoms with Crippen LogP contribution in [-0.2, 0) is 4.74 Å². The summed E-state index contributed by atoms with van der Waals surface area (Å²) in [5, 5.41) is 3.48. The SMILES string of the molecule is CCC(C)N(CCOC)CC1CNCC1C. The average molecular weight is 228 g/mol. The molecule has 1 N–H and O–H groups in total. The van der Waals surface area contributed by atoms with Gasteiger partial charge in [0.05, 0.1) is 6.61 Å². The molecule has 16 heavy (non-hydrogen) atoms. The number of methoxy groups -OCH3 is 1. The summed E-state index contributed by atoms with van der Waals surface area (Å²) in [5.74, 6) is 1.62. The topological polar surface area (TPSA) is 24.5 Å². The first kappa shape index (κ1) is 13.9. The van der Waals surface area contributed by atoms with Crippen LogP contribution >= 0.6 is 0 Å². The Kier molecular flexibility index (Phi) is 6.32. The minimum atomic E-state index is 0.669. The zero-order valence-electron chi connectivity index (χ0n) is 11.3. The van der Waals surface area contributed by atoms with Gasteiger partial charge in [-0.25, -0.2) is 0 Å². The molecule has 1 aliphatic rings. The Morgan fingerprint density at radius 1 is 1.44 bits per heavy atom. The highest BCUT2D eigenvalue weighted by atomic mass is 16.5. The molecule has 0 radical (unpaired) electrons. The first-order valence-corrected chi connectivity index (χ1v) is 6.62. The molecule has 1 fully saturated rings. The van der Waals surface area contributed by atoms with Gasteiger partial charge in [-0.1, -0.05) is 13.8 Å². The molecule has 1 rings (SSSR count). The van der Waals surface area contributed by atoms with Crippen LogP contribution in [0.15, 0.2) is 0 Å². The third-order valence-electron chi connectivity index (χ3n) is 3.94. The van der Waals surface area contributed by atoms with Crippen molar-refractivity contribution in [2.45, 2.75) is 33.2 Å². The quantitative estimate of drug-likeness (QED) is 0.716. The van der Waals surface area contributed by atoms with Crippen LogP contribution in [0.1, 0.15) is 27.2 Å². The molecule has 0 spiro atoms. The van der Waals surface area contributed by atoms with E-state index < -0.39 is 0 Å². The average Bonchev–Trinajstić information content (AvgIpc) is 2.69. The van der Waals surface area contributed by atoms with Gasteiger partial charge in [0.15, 0.2) is 0 Å². The smallest absolute Gasteiger partial charge is 0.0589 e. The number of hydrogen-bond donors (Lipinski definition) is 1. The molecular weight excluding hydrogens is 200 g/mol. The van der Waals surface area contributed by atoms with E-state index in [0.717, 1.165) is 25.0 Å². The first-order chi connectivity index (χ1) is 7.69. The zero-order valence-corrected chi connectivity index (χ0v) is 11.3. The molecule has 1 saturated heterocycles. The van der Waals surface area contributed by atoms with Crippen LogP contribution in [0.3, 0.4) is 0 Å². The molecule has 0 aromatic carbocycles. The van der Waals surface area contributed by atoms with Gasteiger partial charge in [0, 0.05) is 26.2 Å². The van der Waals surface area contributed by atoms with Crippen molar-refractivity contribution in [2.75, 3.05) is 39.9 Å². The van der Waals surface area contributed by atoms with Gasteiger partial charge in [-0.15, -0.1) is 0 Å². The molecule has 0 aromatic rings. The summed E-state index contributed by atoms with van der Waals surface area (Å²) < 4.78 is 5.20. The predicted molar refractivity (Wildman–Crippen MR) is 68.7 cm³/mol. The number of nitrogens with one attached hydrogen (secondary N) is 1. The van der Waals surface area contributed by atoms with Crippen LogP contribution in [0, 0.1) is 11.8 Å². The summed E-state index contributed by atoms with van der Waals surface area (Å²) in [6, 6.07) is 0.669. The lowest BCUT2D eigenvalue weighted by atomic mass is 9.97. The fourth-order valence-electron chi connectivity index (χ4n) is 2.37. The summed E-state index contributed by atoms with van der Waals surface area (Å²) in [6.45, 7) is 12.4. The van der Waals surface area contributed by atoms with Gasteiger partial charge in [0.25, 0.3) is 0 Å². The van der Waals surface area contributed by atoms with Crippen LogP contribution < -0.4 is 5.32 Å². The minimum absolute atomic E-state index is 0.669. The van der Waals surface area contributed by atoms with Crippen LogP contribution in [0.2, 0.25) is 0 Å². The third kappa shape index (κ3) is 4.04. The molecule has 3 unspecified atom stereocenters. The second-order valence-corrected chi connectivity index (χ2v) is 5.14. The van der Waals surface area contributed by atoms with E-state index >= 15 is 0 Å². The van der Waals surface area contributed by atoms with Gasteiger partial charge >= 0.3 is 0 Å². The minimum Gasteiger partial charge on any atom is -0.383 e. The molecule has 1 aliphatic heterocycles. The summed E-state index contributed by atoms with van der Waals surface area (Å²) in [6.07, 6.45) is 1.22. The van der Waals surface area contributed by atoms with Crippen molar-refractivity contribution in [3.8, 4) is 0 Å². The van der Waals surface area contributed by atoms with E-state index in [0.29, 0.717) is 6.04 Å². The lowest BCUT2D eigenvalue weighted by molar-refractivity contribution is 0.106. The summed E-state index contributed by atoms with van der Waals surface area (Å²) >= 11 is 0. The van der Waals surface area contributed by atoms with Gasteiger partial charge in [0.1, 0.15) is 0 Å². The molecule has 3 atom stereocenters. The van der Waals surface area contributed by atoms with Gasteiger partial charge in [0.2, 0.25) is 0 Å². The molecule has 0 aliphatic carbocycles. The van der Waals surface area contributed by atoms with E-state index in [-0.39, 0.29) is 0 Å². The highest BCUT2D eigenvalue weighted by Crippen LogP contribution is 2.18. The molecule has 0 aromatic heterocycles. The maximum absolute atomic E-state index is 5.20. The third-order valence-corrected chi connectivity index (χ3v) is 3.94. The van der Waals surface area contributed by atoms with Crippen molar-refractivity contribution in [2.24, 2.45) is 11.8 Å². The fraction of sp³-hybridized carbons (Fsp3) is 1.00. The molecule has 96 valence electrons. The summed E-state index contributed by atoms with van der Waals surface area (Å²) in [4.78, 5) is 2.58. The van der Waals surface area contributed by atoms with Crippen molar-refractivity contribution in [3.05, 3.63) is 0 Å². The maximum atomic E-state index is 5.20. The number of hydrogen-bond acceptors (Lipinski definition) is 3. The lowest BCUT2D eigenvalue weighted by Gasteiger charge is -2.31. The van der Waals surface area contributed by atoms with Crippen molar-refractivity contribution in [1.82, 2.24) is 10.2 Å². The first-order valence-electron chi connectivity index (χ1n) is 6.62. The standard InChI is InChI=1S/C13H28N2O/c1-5-12(3)15(6-7-16-4)10-13-9-14-8-11(13)2/h11-14H,5-10H2,1-4H3. The van der Waals surface area contributed by atoms with E-state index in [1.807, 2.05) is 0 Å². The normalized spacial score (nSPS) is 27.6. The second-order valence-electron chi connectivity index (χ2n) is 5.14. The van der Waals surface area contributed by atoms with Gasteiger partial charge in [-0.05, 0) is 38.3 Å². The highest BCUT2D eigenvalue weighted by molar-refractivity contribution is 4.82. The van der Waals surface area contributed by atoms with Gasteiger partial charge in [-0.3, -0.25) is 4.90 Å². The Morgan fingerprint density at radius 3 is 2.69 bits per heavy atom. The van der Waals surface area contributed by atoms with Crippen molar-refractivity contribution < 1.29 is 4.74 Å². The second kappa shape index (κ2) is 7.25. The molecule has 0 bridgehead atoms. The number of rotatable bonds is 7. The van der Waals surface area contributed by atoms with Crippen LogP contribution in [0.5, 0.6) is 0 Å². The van der Waals surface area contributed by atoms with E-state index in [2.05, 4.69) is 31.0 Å². The molecule has 0 amide bonds. The monoisotopic (exact) mass is 228 g/mol. The predicted octanol–water partition coefficient (Wildman–Crippen LogP) is 1.59. The van der Waals surface area contributed by atoms with E-state index in [4.69, 9.17) is 4.74 Å². The Morgan fingerprint density at radius 2 is 2.19 bits per heavy atom. The zero-order chi connectivity index (χ0) is 12.0. The Hall–Kier alpha value is -0.120. The van der Waals surface area contributed by atoms with Gasteiger partial charge in [-0.2, -0.15) is 0 Å². The maximum Gasteiger partial charge on any atom is 0.0589 e. The summed E-state index contributed by atoms with van der Waals surface area (Å²) in [7, 11) is 1.79. The highest BCUT2D eigenvalue weighted by Gasteiger charge is 2.26. The molecule has 0 saturated carbocycles. The lowest BCUT2D eigenvalue weighted by Crippen LogP contribution is -2.40. The molecule has 3 nitrogen and oxygen atoms in total. The molecular formula is C13H28N2O. The van der Waals surface area contributed by atoms with E-state index in [9.17, 15) is 0 Å². The Balaban J connectivity index is 2.41. The van der Waals surface area contributed by atoms with E-state index in [1.54, 1.807) is 7.11 Å². The van der Waals surface area contributed by atoms with E-state index in [1.165, 1.54) is 26.1 Å². The Bertz CT molecular complexity index is 187.